The Morgan fingerprint density at radius 3 is 2.78 bits per heavy atom. The molecule has 0 N–H and O–H groups in total. The molecule has 0 saturated heterocycles. The van der Waals surface area contributed by atoms with Crippen molar-refractivity contribution < 1.29 is 4.52 Å². The molecule has 0 bridgehead atoms. The Labute approximate surface area is 54.0 Å². The van der Waals surface area contributed by atoms with E-state index in [0.717, 1.165) is 24.3 Å². The average molecular weight is 126 g/mol. The van der Waals surface area contributed by atoms with Crippen molar-refractivity contribution in [3.05, 3.63) is 11.5 Å². The molecule has 1 aromatic heterocycles. The van der Waals surface area contributed by atoms with Crippen LogP contribution in [-0.2, 0) is 6.42 Å². The van der Waals surface area contributed by atoms with E-state index in [1.807, 2.05) is 6.92 Å². The monoisotopic (exact) mass is 126 g/mol. The Balaban J connectivity index is 2.69. The first-order chi connectivity index (χ1) is 4.34. The molecule has 0 fully saturated rings. The second kappa shape index (κ2) is 2.62. The van der Waals surface area contributed by atoms with Crippen LogP contribution in [0.5, 0.6) is 0 Å². The minimum Gasteiger partial charge on any atom is -0.342 e. The van der Waals surface area contributed by atoms with Crippen LogP contribution in [-0.4, -0.2) is 10.4 Å². The Morgan fingerprint density at radius 1 is 1.56 bits per heavy atom. The van der Waals surface area contributed by atoms with Gasteiger partial charge in [-0.2, -0.15) is 0 Å². The average Bonchev–Trinajstić information content (AvgIpc) is 2.18. The number of aromatic nitrogens is 2. The molecule has 0 aliphatic heterocycles. The summed E-state index contributed by atoms with van der Waals surface area (Å²) in [6, 6.07) is 0. The van der Waals surface area contributed by atoms with Crippen LogP contribution in [0.4, 0.5) is 0 Å². The van der Waals surface area contributed by atoms with Crippen molar-refractivity contribution in [2.24, 2.45) is 0 Å². The number of aryl methyl sites for hydroxylation is 2. The maximum Gasteiger partial charge on any atom is 0.160 e. The minimum absolute atomic E-state index is 0.914. The van der Waals surface area contributed by atoms with Gasteiger partial charge in [-0.15, -0.1) is 5.10 Å². The van der Waals surface area contributed by atoms with Gasteiger partial charge in [-0.3, -0.25) is 0 Å². The predicted molar refractivity (Wildman–Crippen MR) is 33.0 cm³/mol. The quantitative estimate of drug-likeness (QED) is 0.600. The predicted octanol–water partition coefficient (Wildman–Crippen LogP) is 1.33. The third kappa shape index (κ3) is 1.28. The first-order valence-corrected chi connectivity index (χ1v) is 3.12. The molecule has 3 heteroatoms. The molecule has 0 aliphatic carbocycles. The maximum absolute atomic E-state index is 4.84. The van der Waals surface area contributed by atoms with Crippen LogP contribution < -0.4 is 0 Å². The van der Waals surface area contributed by atoms with E-state index in [0.29, 0.717) is 0 Å². The maximum atomic E-state index is 4.84. The van der Waals surface area contributed by atoms with Gasteiger partial charge in [0.05, 0.1) is 0 Å². The van der Waals surface area contributed by atoms with E-state index in [2.05, 4.69) is 17.3 Å². The zero-order valence-electron chi connectivity index (χ0n) is 5.72. The number of rotatable bonds is 2. The Kier molecular flexibility index (Phi) is 1.82. The summed E-state index contributed by atoms with van der Waals surface area (Å²) < 4.78 is 4.84. The molecule has 0 atom stereocenters. The number of hydrogen-bond acceptors (Lipinski definition) is 3. The van der Waals surface area contributed by atoms with Gasteiger partial charge in [0.15, 0.2) is 5.76 Å². The molecular formula is C6H10N2O. The smallest absolute Gasteiger partial charge is 0.160 e. The van der Waals surface area contributed by atoms with Crippen molar-refractivity contribution in [1.29, 1.82) is 0 Å². The summed E-state index contributed by atoms with van der Waals surface area (Å²) in [7, 11) is 0. The summed E-state index contributed by atoms with van der Waals surface area (Å²) >= 11 is 0. The second-order valence-corrected chi connectivity index (χ2v) is 2.03. The molecule has 0 radical (unpaired) electrons. The zero-order valence-corrected chi connectivity index (χ0v) is 5.72. The Morgan fingerprint density at radius 2 is 2.33 bits per heavy atom. The fourth-order valence-electron chi connectivity index (χ4n) is 0.706. The summed E-state index contributed by atoms with van der Waals surface area (Å²) in [4.78, 5) is 0. The van der Waals surface area contributed by atoms with Crippen LogP contribution in [0.25, 0.3) is 0 Å². The van der Waals surface area contributed by atoms with E-state index < -0.39 is 0 Å². The highest BCUT2D eigenvalue weighted by Gasteiger charge is 2.01. The van der Waals surface area contributed by atoms with E-state index in [9.17, 15) is 0 Å². The summed E-state index contributed by atoms with van der Waals surface area (Å²) in [6.07, 6.45) is 2.02. The third-order valence-corrected chi connectivity index (χ3v) is 1.22. The third-order valence-electron chi connectivity index (χ3n) is 1.22. The lowest BCUT2D eigenvalue weighted by molar-refractivity contribution is 0.361. The van der Waals surface area contributed by atoms with E-state index in [-0.39, 0.29) is 0 Å². The van der Waals surface area contributed by atoms with Gasteiger partial charge in [0.2, 0.25) is 0 Å². The summed E-state index contributed by atoms with van der Waals surface area (Å²) in [5.74, 6) is 0.914. The molecule has 1 rings (SSSR count). The molecular weight excluding hydrogens is 116 g/mol. The Bertz CT molecular complexity index is 183. The van der Waals surface area contributed by atoms with Gasteiger partial charge in [-0.05, 0) is 13.3 Å². The highest BCUT2D eigenvalue weighted by atomic mass is 16.5. The minimum atomic E-state index is 0.914. The van der Waals surface area contributed by atoms with Gasteiger partial charge in [0, 0.05) is 11.7 Å². The zero-order chi connectivity index (χ0) is 6.69. The Hall–Kier alpha value is -0.860. The second-order valence-electron chi connectivity index (χ2n) is 2.03. The van der Waals surface area contributed by atoms with Crippen LogP contribution in [0.15, 0.2) is 4.52 Å². The lowest BCUT2D eigenvalue weighted by Gasteiger charge is -1.86. The van der Waals surface area contributed by atoms with E-state index in [1.165, 1.54) is 0 Å². The van der Waals surface area contributed by atoms with Gasteiger partial charge >= 0.3 is 0 Å². The van der Waals surface area contributed by atoms with E-state index in [1.54, 1.807) is 0 Å². The lowest BCUT2D eigenvalue weighted by atomic mass is 10.2. The van der Waals surface area contributed by atoms with Crippen LogP contribution >= 0.6 is 0 Å². The van der Waals surface area contributed by atoms with E-state index >= 15 is 0 Å². The molecule has 0 amide bonds. The van der Waals surface area contributed by atoms with Gasteiger partial charge in [-0.25, -0.2) is 0 Å². The molecule has 0 aliphatic rings. The number of hydrogen-bond donors (Lipinski definition) is 0. The summed E-state index contributed by atoms with van der Waals surface area (Å²) in [6.45, 7) is 4.00. The molecule has 0 spiro atoms. The molecule has 1 aromatic rings. The molecule has 0 saturated carbocycles. The normalized spacial score (nSPS) is 10.0. The van der Waals surface area contributed by atoms with Crippen molar-refractivity contribution in [3.8, 4) is 0 Å². The molecule has 9 heavy (non-hydrogen) atoms. The van der Waals surface area contributed by atoms with Crippen LogP contribution in [0.1, 0.15) is 24.8 Å². The van der Waals surface area contributed by atoms with E-state index in [4.69, 9.17) is 4.52 Å². The van der Waals surface area contributed by atoms with Crippen LogP contribution in [0, 0.1) is 6.92 Å². The van der Waals surface area contributed by atoms with Crippen molar-refractivity contribution in [3.63, 3.8) is 0 Å². The van der Waals surface area contributed by atoms with Gasteiger partial charge < -0.3 is 4.52 Å². The molecule has 0 aromatic carbocycles. The summed E-state index contributed by atoms with van der Waals surface area (Å²) in [5, 5.41) is 7.13. The standard InChI is InChI=1S/C6H10N2O/c1-3-4-6-5(2)7-8-9-6/h3-4H2,1-2H3. The first kappa shape index (κ1) is 6.26. The largest absolute Gasteiger partial charge is 0.342 e. The SMILES string of the molecule is CCCc1onnc1C. The van der Waals surface area contributed by atoms with Gasteiger partial charge in [0.1, 0.15) is 5.69 Å². The van der Waals surface area contributed by atoms with Gasteiger partial charge in [-0.1, -0.05) is 6.92 Å². The first-order valence-electron chi connectivity index (χ1n) is 3.12. The molecule has 3 nitrogen and oxygen atoms in total. The molecule has 1 heterocycles. The fourth-order valence-corrected chi connectivity index (χ4v) is 0.706. The van der Waals surface area contributed by atoms with Gasteiger partial charge in [0.25, 0.3) is 0 Å². The summed E-state index contributed by atoms with van der Waals surface area (Å²) in [5.41, 5.74) is 0.914. The van der Waals surface area contributed by atoms with Crippen LogP contribution in [0.2, 0.25) is 0 Å². The van der Waals surface area contributed by atoms with Crippen LogP contribution in [0.3, 0.4) is 0 Å². The van der Waals surface area contributed by atoms with Crippen molar-refractivity contribution in [2.75, 3.05) is 0 Å². The fraction of sp³-hybridized carbons (Fsp3) is 0.667. The molecule has 50 valence electrons. The highest BCUT2D eigenvalue weighted by Crippen LogP contribution is 2.04. The van der Waals surface area contributed by atoms with Crippen molar-refractivity contribution >= 4 is 0 Å². The number of nitrogens with zero attached hydrogens (tertiary/aromatic N) is 2. The molecule has 0 unspecified atom stereocenters. The topological polar surface area (TPSA) is 38.9 Å². The van der Waals surface area contributed by atoms with Crippen molar-refractivity contribution in [1.82, 2.24) is 10.4 Å². The lowest BCUT2D eigenvalue weighted by Crippen LogP contribution is -1.81. The van der Waals surface area contributed by atoms with Crippen molar-refractivity contribution in [2.45, 2.75) is 26.7 Å². The highest BCUT2D eigenvalue weighted by molar-refractivity contribution is 5.01.